The number of hydrogen-bond donors (Lipinski definition) is 2. The second kappa shape index (κ2) is 5.31. The summed E-state index contributed by atoms with van der Waals surface area (Å²) in [4.78, 5) is 11.6. The quantitative estimate of drug-likeness (QED) is 0.395. The number of carbonyl (C=O) groups is 1. The zero-order valence-corrected chi connectivity index (χ0v) is 11.3. The Hall–Kier alpha value is -1.39. The molecule has 0 radical (unpaired) electrons. The van der Waals surface area contributed by atoms with Gasteiger partial charge in [0.05, 0.1) is 12.0 Å². The Morgan fingerprint density at radius 3 is 2.68 bits per heavy atom. The number of hydrogen-bond acceptors (Lipinski definition) is 4. The van der Waals surface area contributed by atoms with E-state index in [-0.39, 0.29) is 5.57 Å². The van der Waals surface area contributed by atoms with Crippen molar-refractivity contribution in [2.75, 3.05) is 0 Å². The molecule has 0 amide bonds. The molecule has 4 atom stereocenters. The third-order valence-corrected chi connectivity index (χ3v) is 3.89. The number of aliphatic hydroxyl groups is 2. The predicted octanol–water partition coefficient (Wildman–Crippen LogP) is 1.49. The van der Waals surface area contributed by atoms with Crippen molar-refractivity contribution in [1.29, 1.82) is 0 Å². The lowest BCUT2D eigenvalue weighted by Crippen LogP contribution is -2.38. The van der Waals surface area contributed by atoms with Crippen LogP contribution in [0.3, 0.4) is 0 Å². The summed E-state index contributed by atoms with van der Waals surface area (Å²) in [6, 6.07) is 0. The van der Waals surface area contributed by atoms with Gasteiger partial charge in [-0.15, -0.1) is 0 Å². The van der Waals surface area contributed by atoms with Crippen LogP contribution in [-0.4, -0.2) is 34.5 Å². The number of fused-ring (bicyclic) bond motifs is 1. The van der Waals surface area contributed by atoms with E-state index in [1.807, 2.05) is 19.1 Å². The molecule has 0 bridgehead atoms. The van der Waals surface area contributed by atoms with E-state index < -0.39 is 30.2 Å². The summed E-state index contributed by atoms with van der Waals surface area (Å²) in [6.07, 6.45) is 2.69. The zero-order chi connectivity index (χ0) is 14.2. The third-order valence-electron chi connectivity index (χ3n) is 3.89. The largest absolute Gasteiger partial charge is 0.455 e. The lowest BCUT2D eigenvalue weighted by Gasteiger charge is -2.28. The Balaban J connectivity index is 2.39. The number of rotatable bonds is 0. The van der Waals surface area contributed by atoms with Crippen molar-refractivity contribution in [3.63, 3.8) is 0 Å². The topological polar surface area (TPSA) is 66.8 Å². The van der Waals surface area contributed by atoms with Crippen LogP contribution in [0.2, 0.25) is 0 Å². The molecular formula is C15H20O4. The molecule has 0 aromatic rings. The molecule has 2 aliphatic rings. The Bertz CT molecular complexity index is 461. The van der Waals surface area contributed by atoms with Gasteiger partial charge in [0.2, 0.25) is 0 Å². The third kappa shape index (κ3) is 2.65. The van der Waals surface area contributed by atoms with Crippen molar-refractivity contribution < 1.29 is 19.7 Å². The summed E-state index contributed by atoms with van der Waals surface area (Å²) >= 11 is 0. The minimum atomic E-state index is -0.894. The molecule has 4 nitrogen and oxygen atoms in total. The van der Waals surface area contributed by atoms with Crippen LogP contribution in [0.1, 0.15) is 26.7 Å². The van der Waals surface area contributed by atoms with Gasteiger partial charge in [-0.3, -0.25) is 0 Å². The van der Waals surface area contributed by atoms with E-state index in [0.29, 0.717) is 12.8 Å². The van der Waals surface area contributed by atoms with Crippen LogP contribution in [0, 0.1) is 5.92 Å². The maximum absolute atomic E-state index is 11.6. The number of aliphatic hydroxyl groups excluding tert-OH is 2. The van der Waals surface area contributed by atoms with Gasteiger partial charge in [-0.05, 0) is 32.3 Å². The molecule has 1 heterocycles. The fraction of sp³-hybridized carbons (Fsp3) is 0.533. The molecule has 104 valence electrons. The predicted molar refractivity (Wildman–Crippen MR) is 71.3 cm³/mol. The SMILES string of the molecule is C=C1C(=O)O[C@H]2[C@H]1[C@H](O)C/C(C)=C/C/C=C(/C)[C@H]2O. The molecule has 2 N–H and O–H groups in total. The summed E-state index contributed by atoms with van der Waals surface area (Å²) in [5.74, 6) is -1.07. The summed E-state index contributed by atoms with van der Waals surface area (Å²) in [6.45, 7) is 7.44. The van der Waals surface area contributed by atoms with Crippen molar-refractivity contribution in [2.24, 2.45) is 5.92 Å². The number of allylic oxidation sites excluding steroid dienone is 2. The summed E-state index contributed by atoms with van der Waals surface area (Å²) in [7, 11) is 0. The second-order valence-corrected chi connectivity index (χ2v) is 5.37. The highest BCUT2D eigenvalue weighted by molar-refractivity contribution is 5.91. The van der Waals surface area contributed by atoms with E-state index in [1.165, 1.54) is 0 Å². The molecule has 4 heteroatoms. The smallest absolute Gasteiger partial charge is 0.334 e. The molecule has 0 unspecified atom stereocenters. The van der Waals surface area contributed by atoms with E-state index >= 15 is 0 Å². The molecule has 0 aromatic carbocycles. The second-order valence-electron chi connectivity index (χ2n) is 5.37. The summed E-state index contributed by atoms with van der Waals surface area (Å²) in [5.41, 5.74) is 2.05. The van der Waals surface area contributed by atoms with Gasteiger partial charge in [-0.1, -0.05) is 24.3 Å². The van der Waals surface area contributed by atoms with Crippen LogP contribution in [0.4, 0.5) is 0 Å². The first-order chi connectivity index (χ1) is 8.91. The normalized spacial score (nSPS) is 41.7. The zero-order valence-electron chi connectivity index (χ0n) is 11.3. The summed E-state index contributed by atoms with van der Waals surface area (Å²) < 4.78 is 5.19. The van der Waals surface area contributed by atoms with Crippen molar-refractivity contribution in [2.45, 2.75) is 45.0 Å². The van der Waals surface area contributed by atoms with Crippen LogP contribution >= 0.6 is 0 Å². The highest BCUT2D eigenvalue weighted by Crippen LogP contribution is 2.36. The molecule has 1 fully saturated rings. The Kier molecular flexibility index (Phi) is 3.92. The molecule has 0 saturated carbocycles. The fourth-order valence-electron chi connectivity index (χ4n) is 2.69. The average molecular weight is 264 g/mol. The lowest BCUT2D eigenvalue weighted by molar-refractivity contribution is -0.143. The lowest BCUT2D eigenvalue weighted by atomic mass is 9.83. The van der Waals surface area contributed by atoms with E-state index in [4.69, 9.17) is 4.74 Å². The van der Waals surface area contributed by atoms with Crippen LogP contribution in [0.5, 0.6) is 0 Å². The average Bonchev–Trinajstić information content (AvgIpc) is 2.63. The highest BCUT2D eigenvalue weighted by atomic mass is 16.6. The fourth-order valence-corrected chi connectivity index (χ4v) is 2.69. The maximum atomic E-state index is 11.6. The molecule has 1 saturated heterocycles. The molecule has 2 rings (SSSR count). The summed E-state index contributed by atoms with van der Waals surface area (Å²) in [5, 5.41) is 20.6. The monoisotopic (exact) mass is 264 g/mol. The molecule has 0 spiro atoms. The Morgan fingerprint density at radius 1 is 1.32 bits per heavy atom. The van der Waals surface area contributed by atoms with Gasteiger partial charge in [0.15, 0.2) is 0 Å². The van der Waals surface area contributed by atoms with Gasteiger partial charge in [0.25, 0.3) is 0 Å². The van der Waals surface area contributed by atoms with Gasteiger partial charge in [0.1, 0.15) is 12.2 Å². The Labute approximate surface area is 113 Å². The van der Waals surface area contributed by atoms with Crippen molar-refractivity contribution in [3.05, 3.63) is 35.5 Å². The maximum Gasteiger partial charge on any atom is 0.334 e. The standard InChI is InChI=1S/C15H20O4/c1-8-5-4-6-9(2)13(17)14-12(11(16)7-8)10(3)15(18)19-14/h5-6,11-14,16-17H,3-4,7H2,1-2H3/b8-5+,9-6-/t11-,12-,13-,14+/m1/s1. The van der Waals surface area contributed by atoms with Crippen molar-refractivity contribution in [1.82, 2.24) is 0 Å². The molecule has 1 aliphatic heterocycles. The van der Waals surface area contributed by atoms with Gasteiger partial charge in [-0.2, -0.15) is 0 Å². The number of esters is 1. The number of ether oxygens (including phenoxy) is 1. The first-order valence-corrected chi connectivity index (χ1v) is 6.50. The van der Waals surface area contributed by atoms with Gasteiger partial charge in [0, 0.05) is 5.57 Å². The molecule has 19 heavy (non-hydrogen) atoms. The van der Waals surface area contributed by atoms with Gasteiger partial charge >= 0.3 is 5.97 Å². The minimum Gasteiger partial charge on any atom is -0.455 e. The van der Waals surface area contributed by atoms with Crippen LogP contribution in [-0.2, 0) is 9.53 Å². The van der Waals surface area contributed by atoms with Crippen LogP contribution in [0.25, 0.3) is 0 Å². The molecule has 1 aliphatic carbocycles. The first kappa shape index (κ1) is 14.0. The van der Waals surface area contributed by atoms with E-state index in [9.17, 15) is 15.0 Å². The molecular weight excluding hydrogens is 244 g/mol. The first-order valence-electron chi connectivity index (χ1n) is 6.50. The van der Waals surface area contributed by atoms with E-state index in [1.54, 1.807) is 6.92 Å². The van der Waals surface area contributed by atoms with Gasteiger partial charge in [-0.25, -0.2) is 4.79 Å². The van der Waals surface area contributed by atoms with Crippen LogP contribution < -0.4 is 0 Å². The highest BCUT2D eigenvalue weighted by Gasteiger charge is 2.46. The van der Waals surface area contributed by atoms with Crippen LogP contribution in [0.15, 0.2) is 35.5 Å². The number of carbonyl (C=O) groups excluding carboxylic acids is 1. The molecule has 0 aromatic heterocycles. The van der Waals surface area contributed by atoms with E-state index in [2.05, 4.69) is 6.58 Å². The van der Waals surface area contributed by atoms with Crippen molar-refractivity contribution >= 4 is 5.97 Å². The van der Waals surface area contributed by atoms with Gasteiger partial charge < -0.3 is 14.9 Å². The van der Waals surface area contributed by atoms with E-state index in [0.717, 1.165) is 11.1 Å². The Morgan fingerprint density at radius 2 is 2.00 bits per heavy atom. The minimum absolute atomic E-state index is 0.248. The van der Waals surface area contributed by atoms with Crippen molar-refractivity contribution in [3.8, 4) is 0 Å².